The van der Waals surface area contributed by atoms with Crippen LogP contribution in [-0.2, 0) is 24.3 Å². The Kier molecular flexibility index (Phi) is 5.40. The van der Waals surface area contributed by atoms with Gasteiger partial charge in [-0.1, -0.05) is 12.1 Å². The highest BCUT2D eigenvalue weighted by Crippen LogP contribution is 2.21. The predicted octanol–water partition coefficient (Wildman–Crippen LogP) is 1.19. The molecule has 0 unspecified atom stereocenters. The maximum Gasteiger partial charge on any atom is 0.318 e. The number of aromatic amines is 1. The van der Waals surface area contributed by atoms with E-state index >= 15 is 0 Å². The summed E-state index contributed by atoms with van der Waals surface area (Å²) in [5.74, 6) is 0.571. The summed E-state index contributed by atoms with van der Waals surface area (Å²) >= 11 is 0. The minimum absolute atomic E-state index is 0.194. The fraction of sp³-hybridized carbons (Fsp3) is 0.389. The molecule has 1 atom stereocenters. The van der Waals surface area contributed by atoms with Gasteiger partial charge in [-0.2, -0.15) is 0 Å². The van der Waals surface area contributed by atoms with Crippen molar-refractivity contribution in [3.63, 3.8) is 0 Å². The average Bonchev–Trinajstić information content (AvgIpc) is 3.13. The number of fused-ring (bicyclic) bond motifs is 1. The van der Waals surface area contributed by atoms with E-state index in [-0.39, 0.29) is 11.9 Å². The molecule has 0 saturated heterocycles. The fourth-order valence-electron chi connectivity index (χ4n) is 2.99. The van der Waals surface area contributed by atoms with Crippen molar-refractivity contribution in [1.82, 2.24) is 25.5 Å². The van der Waals surface area contributed by atoms with Crippen molar-refractivity contribution in [3.8, 4) is 5.75 Å². The van der Waals surface area contributed by atoms with Crippen molar-refractivity contribution in [1.29, 1.82) is 0 Å². The molecule has 1 aromatic carbocycles. The Bertz CT molecular complexity index is 771. The van der Waals surface area contributed by atoms with Gasteiger partial charge in [0, 0.05) is 19.5 Å². The van der Waals surface area contributed by atoms with Gasteiger partial charge in [-0.15, -0.1) is 0 Å². The maximum absolute atomic E-state index is 12.7. The van der Waals surface area contributed by atoms with Crippen LogP contribution in [0.15, 0.2) is 30.6 Å². The van der Waals surface area contributed by atoms with E-state index < -0.39 is 6.04 Å². The van der Waals surface area contributed by atoms with Crippen molar-refractivity contribution >= 4 is 11.9 Å². The topological polar surface area (TPSA) is 99.4 Å². The molecule has 26 heavy (non-hydrogen) atoms. The molecule has 1 aromatic heterocycles. The molecule has 138 valence electrons. The van der Waals surface area contributed by atoms with Gasteiger partial charge in [0.15, 0.2) is 0 Å². The lowest BCUT2D eigenvalue weighted by Crippen LogP contribution is -2.55. The van der Waals surface area contributed by atoms with Crippen LogP contribution in [0.2, 0.25) is 0 Å². The van der Waals surface area contributed by atoms with Crippen LogP contribution in [0.1, 0.15) is 23.9 Å². The molecule has 0 aliphatic carbocycles. The molecule has 8 heteroatoms. The molecule has 0 spiro atoms. The van der Waals surface area contributed by atoms with Crippen molar-refractivity contribution in [2.45, 2.75) is 32.5 Å². The van der Waals surface area contributed by atoms with E-state index in [1.165, 1.54) is 0 Å². The Labute approximate surface area is 151 Å². The SMILES string of the molecule is CCNC(=O)N1Cc2[nH]cnc2C[C@H]1C(=O)NCc1ccc(OC)cc1. The molecule has 1 aliphatic heterocycles. The first-order valence-corrected chi connectivity index (χ1v) is 8.58. The van der Waals surface area contributed by atoms with E-state index in [1.54, 1.807) is 18.3 Å². The van der Waals surface area contributed by atoms with Crippen LogP contribution in [0.3, 0.4) is 0 Å². The van der Waals surface area contributed by atoms with E-state index in [9.17, 15) is 9.59 Å². The number of carbonyl (C=O) groups excluding carboxylic acids is 2. The first-order valence-electron chi connectivity index (χ1n) is 8.58. The van der Waals surface area contributed by atoms with Gasteiger partial charge in [-0.25, -0.2) is 9.78 Å². The summed E-state index contributed by atoms with van der Waals surface area (Å²) in [6.45, 7) is 3.07. The van der Waals surface area contributed by atoms with E-state index in [0.29, 0.717) is 26.1 Å². The first kappa shape index (κ1) is 17.8. The number of urea groups is 1. The van der Waals surface area contributed by atoms with Gasteiger partial charge in [0.1, 0.15) is 11.8 Å². The quantitative estimate of drug-likeness (QED) is 0.748. The summed E-state index contributed by atoms with van der Waals surface area (Å²) in [6, 6.07) is 6.65. The lowest BCUT2D eigenvalue weighted by atomic mass is 10.0. The summed E-state index contributed by atoms with van der Waals surface area (Å²) in [6.07, 6.45) is 1.99. The number of imidazole rings is 1. The molecule has 0 fully saturated rings. The predicted molar refractivity (Wildman–Crippen MR) is 95.5 cm³/mol. The molecule has 1 aliphatic rings. The average molecular weight is 357 g/mol. The van der Waals surface area contributed by atoms with Crippen LogP contribution in [0.5, 0.6) is 5.75 Å². The third kappa shape index (κ3) is 3.79. The lowest BCUT2D eigenvalue weighted by molar-refractivity contribution is -0.126. The highest BCUT2D eigenvalue weighted by Gasteiger charge is 2.35. The largest absolute Gasteiger partial charge is 0.497 e. The van der Waals surface area contributed by atoms with Crippen molar-refractivity contribution in [3.05, 3.63) is 47.5 Å². The normalized spacial score (nSPS) is 15.9. The number of hydrogen-bond acceptors (Lipinski definition) is 4. The van der Waals surface area contributed by atoms with E-state index in [0.717, 1.165) is 22.7 Å². The Morgan fingerprint density at radius 1 is 1.31 bits per heavy atom. The highest BCUT2D eigenvalue weighted by molar-refractivity contribution is 5.87. The zero-order valence-corrected chi connectivity index (χ0v) is 14.9. The van der Waals surface area contributed by atoms with Gasteiger partial charge in [0.05, 0.1) is 31.4 Å². The number of nitrogens with one attached hydrogen (secondary N) is 3. The molecule has 0 bridgehead atoms. The third-order valence-electron chi connectivity index (χ3n) is 4.42. The van der Waals surface area contributed by atoms with Crippen LogP contribution in [0.25, 0.3) is 0 Å². The van der Waals surface area contributed by atoms with Crippen LogP contribution in [0, 0.1) is 0 Å². The zero-order valence-electron chi connectivity index (χ0n) is 14.9. The molecule has 3 rings (SSSR count). The summed E-state index contributed by atoms with van der Waals surface area (Å²) < 4.78 is 5.13. The fourth-order valence-corrected chi connectivity index (χ4v) is 2.99. The molecular weight excluding hydrogens is 334 g/mol. The number of aromatic nitrogens is 2. The molecule has 3 N–H and O–H groups in total. The second kappa shape index (κ2) is 7.90. The van der Waals surface area contributed by atoms with Crippen LogP contribution >= 0.6 is 0 Å². The first-order chi connectivity index (χ1) is 12.6. The highest BCUT2D eigenvalue weighted by atomic mass is 16.5. The number of amides is 3. The van der Waals surface area contributed by atoms with Gasteiger partial charge in [-0.05, 0) is 24.6 Å². The number of rotatable bonds is 5. The second-order valence-electron chi connectivity index (χ2n) is 6.08. The summed E-state index contributed by atoms with van der Waals surface area (Å²) in [5.41, 5.74) is 2.66. The Balaban J connectivity index is 1.69. The van der Waals surface area contributed by atoms with E-state index in [4.69, 9.17) is 4.74 Å². The van der Waals surface area contributed by atoms with Gasteiger partial charge >= 0.3 is 6.03 Å². The van der Waals surface area contributed by atoms with Gasteiger partial charge in [-0.3, -0.25) is 4.79 Å². The molecule has 2 aromatic rings. The minimum Gasteiger partial charge on any atom is -0.497 e. The number of ether oxygens (including phenoxy) is 1. The van der Waals surface area contributed by atoms with Crippen molar-refractivity contribution in [2.75, 3.05) is 13.7 Å². The van der Waals surface area contributed by atoms with Gasteiger partial charge in [0.25, 0.3) is 0 Å². The molecule has 0 radical (unpaired) electrons. The Morgan fingerprint density at radius 3 is 2.77 bits per heavy atom. The van der Waals surface area contributed by atoms with Crippen LogP contribution in [-0.4, -0.2) is 46.5 Å². The number of benzene rings is 1. The standard InChI is InChI=1S/C18H23N5O3/c1-3-19-18(25)23-10-15-14(21-11-22-15)8-16(23)17(24)20-9-12-4-6-13(26-2)7-5-12/h4-7,11,16H,3,8-10H2,1-2H3,(H,19,25)(H,20,24)(H,21,22)/t16-/m0/s1. The van der Waals surface area contributed by atoms with Gasteiger partial charge < -0.3 is 25.3 Å². The monoisotopic (exact) mass is 357 g/mol. The smallest absolute Gasteiger partial charge is 0.318 e. The van der Waals surface area contributed by atoms with E-state index in [2.05, 4.69) is 20.6 Å². The summed E-state index contributed by atoms with van der Waals surface area (Å²) in [4.78, 5) is 34.0. The number of carbonyl (C=O) groups is 2. The zero-order chi connectivity index (χ0) is 18.5. The molecule has 8 nitrogen and oxygen atoms in total. The summed E-state index contributed by atoms with van der Waals surface area (Å²) in [5, 5.41) is 5.69. The molecule has 3 amide bonds. The van der Waals surface area contributed by atoms with Crippen molar-refractivity contribution in [2.24, 2.45) is 0 Å². The molecular formula is C18H23N5O3. The van der Waals surface area contributed by atoms with Crippen LogP contribution < -0.4 is 15.4 Å². The Hall–Kier alpha value is -3.03. The number of nitrogens with zero attached hydrogens (tertiary/aromatic N) is 2. The molecule has 0 saturated carbocycles. The summed E-state index contributed by atoms with van der Waals surface area (Å²) in [7, 11) is 1.61. The van der Waals surface area contributed by atoms with Crippen molar-refractivity contribution < 1.29 is 14.3 Å². The third-order valence-corrected chi connectivity index (χ3v) is 4.42. The van der Waals surface area contributed by atoms with E-state index in [1.807, 2.05) is 31.2 Å². The second-order valence-corrected chi connectivity index (χ2v) is 6.08. The molecule has 2 heterocycles. The number of methoxy groups -OCH3 is 1. The number of H-pyrrole nitrogens is 1. The van der Waals surface area contributed by atoms with Gasteiger partial charge in [0.2, 0.25) is 5.91 Å². The number of hydrogen-bond donors (Lipinski definition) is 3. The minimum atomic E-state index is -0.587. The maximum atomic E-state index is 12.7. The van der Waals surface area contributed by atoms with Crippen LogP contribution in [0.4, 0.5) is 4.79 Å². The lowest BCUT2D eigenvalue weighted by Gasteiger charge is -2.34. The Morgan fingerprint density at radius 2 is 2.08 bits per heavy atom.